The summed E-state index contributed by atoms with van der Waals surface area (Å²) >= 11 is 3.57. The summed E-state index contributed by atoms with van der Waals surface area (Å²) in [4.78, 5) is 4.21. The summed E-state index contributed by atoms with van der Waals surface area (Å²) in [5.41, 5.74) is 2.19. The van der Waals surface area contributed by atoms with Crippen LogP contribution < -0.4 is 0 Å². The first-order valence-corrected chi connectivity index (χ1v) is 6.33. The zero-order valence-electron chi connectivity index (χ0n) is 9.89. The SMILES string of the molecule is Cc1nccn1-c1ccc(C(C)CO)cc1Br. The van der Waals surface area contributed by atoms with E-state index in [1.165, 1.54) is 0 Å². The molecule has 1 atom stereocenters. The maximum Gasteiger partial charge on any atom is 0.110 e. The second-order valence-electron chi connectivity index (χ2n) is 4.14. The predicted molar refractivity (Wildman–Crippen MR) is 71.5 cm³/mol. The van der Waals surface area contributed by atoms with Gasteiger partial charge in [0.25, 0.3) is 0 Å². The van der Waals surface area contributed by atoms with Crippen LogP contribution in [0.2, 0.25) is 0 Å². The average molecular weight is 295 g/mol. The van der Waals surface area contributed by atoms with Crippen LogP contribution in [0.15, 0.2) is 35.1 Å². The van der Waals surface area contributed by atoms with Crippen LogP contribution in [0.25, 0.3) is 5.69 Å². The number of aryl methyl sites for hydroxylation is 1. The summed E-state index contributed by atoms with van der Waals surface area (Å²) in [5, 5.41) is 9.15. The van der Waals surface area contributed by atoms with Crippen LogP contribution in [-0.4, -0.2) is 21.3 Å². The molecular weight excluding hydrogens is 280 g/mol. The van der Waals surface area contributed by atoms with E-state index in [0.29, 0.717) is 0 Å². The molecule has 1 aromatic heterocycles. The zero-order chi connectivity index (χ0) is 12.4. The molecule has 2 aromatic rings. The predicted octanol–water partition coefficient (Wildman–Crippen LogP) is 3.04. The number of rotatable bonds is 3. The Balaban J connectivity index is 2.42. The highest BCUT2D eigenvalue weighted by atomic mass is 79.9. The molecule has 0 amide bonds. The van der Waals surface area contributed by atoms with Gasteiger partial charge >= 0.3 is 0 Å². The van der Waals surface area contributed by atoms with Crippen molar-refractivity contribution in [3.63, 3.8) is 0 Å². The van der Waals surface area contributed by atoms with Crippen LogP contribution in [-0.2, 0) is 0 Å². The Morgan fingerprint density at radius 3 is 2.76 bits per heavy atom. The van der Waals surface area contributed by atoms with Gasteiger partial charge < -0.3 is 9.67 Å². The van der Waals surface area contributed by atoms with Crippen molar-refractivity contribution in [3.05, 3.63) is 46.5 Å². The number of nitrogens with zero attached hydrogens (tertiary/aromatic N) is 2. The van der Waals surface area contributed by atoms with Crippen molar-refractivity contribution >= 4 is 15.9 Å². The lowest BCUT2D eigenvalue weighted by Gasteiger charge is -2.12. The molecule has 1 N–H and O–H groups in total. The quantitative estimate of drug-likeness (QED) is 0.945. The standard InChI is InChI=1S/C13H15BrN2O/c1-9(8-17)11-3-4-13(12(14)7-11)16-6-5-15-10(16)2/h3-7,9,17H,8H2,1-2H3. The first kappa shape index (κ1) is 12.3. The fourth-order valence-electron chi connectivity index (χ4n) is 1.76. The third kappa shape index (κ3) is 2.42. The van der Waals surface area contributed by atoms with E-state index in [4.69, 9.17) is 5.11 Å². The van der Waals surface area contributed by atoms with E-state index in [9.17, 15) is 0 Å². The Morgan fingerprint density at radius 2 is 2.24 bits per heavy atom. The number of halogens is 1. The van der Waals surface area contributed by atoms with Gasteiger partial charge in [-0.05, 0) is 40.5 Å². The fraction of sp³-hybridized carbons (Fsp3) is 0.308. The van der Waals surface area contributed by atoms with Gasteiger partial charge in [-0.1, -0.05) is 13.0 Å². The third-order valence-corrected chi connectivity index (χ3v) is 3.54. The lowest BCUT2D eigenvalue weighted by Crippen LogP contribution is -2.01. The Morgan fingerprint density at radius 1 is 1.47 bits per heavy atom. The second-order valence-corrected chi connectivity index (χ2v) is 4.99. The number of imidazole rings is 1. The Hall–Kier alpha value is -1.13. The molecule has 1 unspecified atom stereocenters. The van der Waals surface area contributed by atoms with E-state index < -0.39 is 0 Å². The van der Waals surface area contributed by atoms with E-state index in [-0.39, 0.29) is 12.5 Å². The monoisotopic (exact) mass is 294 g/mol. The van der Waals surface area contributed by atoms with Crippen LogP contribution in [0.4, 0.5) is 0 Å². The molecule has 2 rings (SSSR count). The lowest BCUT2D eigenvalue weighted by molar-refractivity contribution is 0.273. The molecule has 0 aliphatic rings. The Labute approximate surface area is 109 Å². The molecule has 17 heavy (non-hydrogen) atoms. The normalized spacial score (nSPS) is 12.7. The number of aliphatic hydroxyl groups excluding tert-OH is 1. The van der Waals surface area contributed by atoms with E-state index in [1.807, 2.05) is 36.7 Å². The molecule has 0 saturated heterocycles. The van der Waals surface area contributed by atoms with Crippen LogP contribution in [0.1, 0.15) is 24.2 Å². The largest absolute Gasteiger partial charge is 0.396 e. The summed E-state index contributed by atoms with van der Waals surface area (Å²) in [6, 6.07) is 6.14. The molecular formula is C13H15BrN2O. The summed E-state index contributed by atoms with van der Waals surface area (Å²) < 4.78 is 3.04. The van der Waals surface area contributed by atoms with Crippen molar-refractivity contribution in [2.24, 2.45) is 0 Å². The van der Waals surface area contributed by atoms with Crippen molar-refractivity contribution in [1.29, 1.82) is 0 Å². The second kappa shape index (κ2) is 5.02. The molecule has 4 heteroatoms. The number of hydrogen-bond acceptors (Lipinski definition) is 2. The smallest absolute Gasteiger partial charge is 0.110 e. The number of aromatic nitrogens is 2. The summed E-state index contributed by atoms with van der Waals surface area (Å²) in [7, 11) is 0. The highest BCUT2D eigenvalue weighted by Gasteiger charge is 2.09. The van der Waals surface area contributed by atoms with E-state index in [2.05, 4.69) is 27.0 Å². The Kier molecular flexibility index (Phi) is 3.64. The molecule has 90 valence electrons. The minimum Gasteiger partial charge on any atom is -0.396 e. The van der Waals surface area contributed by atoms with Gasteiger partial charge in [0.05, 0.1) is 5.69 Å². The van der Waals surface area contributed by atoms with Gasteiger partial charge in [0.2, 0.25) is 0 Å². The summed E-state index contributed by atoms with van der Waals surface area (Å²) in [6.07, 6.45) is 3.72. The average Bonchev–Trinajstić information content (AvgIpc) is 2.74. The molecule has 0 aliphatic carbocycles. The van der Waals surface area contributed by atoms with Crippen LogP contribution in [0, 0.1) is 6.92 Å². The number of hydrogen-bond donors (Lipinski definition) is 1. The van der Waals surface area contributed by atoms with Gasteiger partial charge in [0.1, 0.15) is 5.82 Å². The first-order valence-electron chi connectivity index (χ1n) is 5.54. The molecule has 1 heterocycles. The van der Waals surface area contributed by atoms with Gasteiger partial charge in [0.15, 0.2) is 0 Å². The Bertz CT molecular complexity index is 522. The van der Waals surface area contributed by atoms with E-state index >= 15 is 0 Å². The molecule has 1 aromatic carbocycles. The minimum absolute atomic E-state index is 0.157. The van der Waals surface area contributed by atoms with Gasteiger partial charge in [0, 0.05) is 29.4 Å². The molecule has 0 saturated carbocycles. The maximum absolute atomic E-state index is 9.15. The molecule has 0 radical (unpaired) electrons. The molecule has 0 fully saturated rings. The van der Waals surface area contributed by atoms with Gasteiger partial charge in [-0.2, -0.15) is 0 Å². The molecule has 3 nitrogen and oxygen atoms in total. The van der Waals surface area contributed by atoms with E-state index in [1.54, 1.807) is 6.20 Å². The zero-order valence-corrected chi connectivity index (χ0v) is 11.5. The topological polar surface area (TPSA) is 38.0 Å². The molecule has 0 bridgehead atoms. The molecule has 0 aliphatic heterocycles. The van der Waals surface area contributed by atoms with E-state index in [0.717, 1.165) is 21.5 Å². The van der Waals surface area contributed by atoms with Crippen LogP contribution >= 0.6 is 15.9 Å². The third-order valence-electron chi connectivity index (χ3n) is 2.90. The van der Waals surface area contributed by atoms with Crippen LogP contribution in [0.3, 0.4) is 0 Å². The van der Waals surface area contributed by atoms with Crippen molar-refractivity contribution < 1.29 is 5.11 Å². The number of aliphatic hydroxyl groups is 1. The summed E-state index contributed by atoms with van der Waals surface area (Å²) in [5.74, 6) is 1.11. The van der Waals surface area contributed by atoms with Gasteiger partial charge in [-0.25, -0.2) is 4.98 Å². The van der Waals surface area contributed by atoms with Crippen molar-refractivity contribution in [2.45, 2.75) is 19.8 Å². The van der Waals surface area contributed by atoms with Gasteiger partial charge in [-0.15, -0.1) is 0 Å². The highest BCUT2D eigenvalue weighted by Crippen LogP contribution is 2.26. The maximum atomic E-state index is 9.15. The summed E-state index contributed by atoms with van der Waals surface area (Å²) in [6.45, 7) is 4.14. The van der Waals surface area contributed by atoms with Crippen molar-refractivity contribution in [3.8, 4) is 5.69 Å². The van der Waals surface area contributed by atoms with Crippen molar-refractivity contribution in [2.75, 3.05) is 6.61 Å². The molecule has 0 spiro atoms. The van der Waals surface area contributed by atoms with Crippen molar-refractivity contribution in [1.82, 2.24) is 9.55 Å². The minimum atomic E-state index is 0.157. The number of benzene rings is 1. The lowest BCUT2D eigenvalue weighted by atomic mass is 10.0. The first-order chi connectivity index (χ1) is 8.13. The van der Waals surface area contributed by atoms with Crippen LogP contribution in [0.5, 0.6) is 0 Å². The van der Waals surface area contributed by atoms with Gasteiger partial charge in [-0.3, -0.25) is 0 Å². The highest BCUT2D eigenvalue weighted by molar-refractivity contribution is 9.10. The fourth-order valence-corrected chi connectivity index (χ4v) is 2.35.